The van der Waals surface area contributed by atoms with Crippen LogP contribution in [0.2, 0.25) is 0 Å². The van der Waals surface area contributed by atoms with Gasteiger partial charge in [0.25, 0.3) is 0 Å². The van der Waals surface area contributed by atoms with Crippen LogP contribution in [-0.2, 0) is 11.2 Å². The van der Waals surface area contributed by atoms with E-state index in [1.807, 2.05) is 20.8 Å². The molecule has 0 aliphatic rings. The van der Waals surface area contributed by atoms with E-state index in [4.69, 9.17) is 0 Å². The molecule has 0 aromatic heterocycles. The van der Waals surface area contributed by atoms with E-state index in [1.165, 1.54) is 12.1 Å². The molecule has 1 atom stereocenters. The second-order valence-electron chi connectivity index (χ2n) is 5.82. The minimum absolute atomic E-state index is 0.118. The summed E-state index contributed by atoms with van der Waals surface area (Å²) < 4.78 is 12.7. The lowest BCUT2D eigenvalue weighted by molar-refractivity contribution is -0.120. The fourth-order valence-electron chi connectivity index (χ4n) is 1.63. The van der Waals surface area contributed by atoms with Crippen LogP contribution in [0.1, 0.15) is 32.8 Å². The Hall–Kier alpha value is -1.42. The molecule has 1 aromatic carbocycles. The molecule has 1 aromatic rings. The van der Waals surface area contributed by atoms with Gasteiger partial charge in [-0.05, 0) is 29.5 Å². The van der Waals surface area contributed by atoms with Gasteiger partial charge in [-0.1, -0.05) is 32.9 Å². The Balaban J connectivity index is 2.31. The smallest absolute Gasteiger partial charge is 0.224 e. The van der Waals surface area contributed by atoms with Crippen molar-refractivity contribution in [3.63, 3.8) is 0 Å². The number of benzene rings is 1. The summed E-state index contributed by atoms with van der Waals surface area (Å²) >= 11 is 0. The number of carbonyl (C=O) groups is 1. The Kier molecular flexibility index (Phi) is 5.48. The molecule has 0 spiro atoms. The van der Waals surface area contributed by atoms with Crippen molar-refractivity contribution in [1.29, 1.82) is 0 Å². The molecule has 0 heterocycles. The molecule has 3 nitrogen and oxygen atoms in total. The summed E-state index contributed by atoms with van der Waals surface area (Å²) in [7, 11) is 0. The van der Waals surface area contributed by atoms with Crippen LogP contribution in [0.4, 0.5) is 4.39 Å². The standard InChI is InChI=1S/C15H22FNO2/c1-15(2,3)13(18)8-9-17-14(19)10-11-4-6-12(16)7-5-11/h4-7,13,18H,8-10H2,1-3H3,(H,17,19). The third kappa shape index (κ3) is 5.83. The fraction of sp³-hybridized carbons (Fsp3) is 0.533. The van der Waals surface area contributed by atoms with Crippen LogP contribution in [0.15, 0.2) is 24.3 Å². The van der Waals surface area contributed by atoms with E-state index in [2.05, 4.69) is 5.32 Å². The quantitative estimate of drug-likeness (QED) is 0.860. The molecule has 4 heteroatoms. The monoisotopic (exact) mass is 267 g/mol. The topological polar surface area (TPSA) is 49.3 Å². The van der Waals surface area contributed by atoms with Crippen molar-refractivity contribution in [2.24, 2.45) is 5.41 Å². The van der Waals surface area contributed by atoms with E-state index in [0.717, 1.165) is 5.56 Å². The number of aliphatic hydroxyl groups is 1. The number of hydrogen-bond donors (Lipinski definition) is 2. The first-order chi connectivity index (χ1) is 8.79. The minimum atomic E-state index is -0.446. The molecule has 0 saturated heterocycles. The van der Waals surface area contributed by atoms with Gasteiger partial charge in [0.05, 0.1) is 12.5 Å². The normalized spacial score (nSPS) is 13.1. The Morgan fingerprint density at radius 3 is 2.42 bits per heavy atom. The lowest BCUT2D eigenvalue weighted by atomic mass is 9.87. The maximum Gasteiger partial charge on any atom is 0.224 e. The second kappa shape index (κ2) is 6.66. The van der Waals surface area contributed by atoms with Gasteiger partial charge in [0.1, 0.15) is 5.82 Å². The summed E-state index contributed by atoms with van der Waals surface area (Å²) in [5.41, 5.74) is 0.595. The zero-order valence-corrected chi connectivity index (χ0v) is 11.7. The third-order valence-electron chi connectivity index (χ3n) is 3.02. The van der Waals surface area contributed by atoms with Crippen molar-refractivity contribution in [2.45, 2.75) is 39.7 Å². The van der Waals surface area contributed by atoms with E-state index in [9.17, 15) is 14.3 Å². The Labute approximate surface area is 113 Å². The highest BCUT2D eigenvalue weighted by molar-refractivity contribution is 5.78. The molecule has 0 bridgehead atoms. The molecule has 0 aliphatic heterocycles. The number of hydrogen-bond acceptors (Lipinski definition) is 2. The van der Waals surface area contributed by atoms with Crippen molar-refractivity contribution in [3.8, 4) is 0 Å². The molecule has 1 amide bonds. The van der Waals surface area contributed by atoms with Crippen molar-refractivity contribution >= 4 is 5.91 Å². The highest BCUT2D eigenvalue weighted by atomic mass is 19.1. The maximum absolute atomic E-state index is 12.7. The number of halogens is 1. The summed E-state index contributed by atoms with van der Waals surface area (Å²) in [5, 5.41) is 12.6. The number of carbonyl (C=O) groups excluding carboxylic acids is 1. The van der Waals surface area contributed by atoms with Crippen LogP contribution < -0.4 is 5.32 Å². The van der Waals surface area contributed by atoms with Gasteiger partial charge in [0, 0.05) is 6.54 Å². The molecule has 1 rings (SSSR count). The van der Waals surface area contributed by atoms with Gasteiger partial charge < -0.3 is 10.4 Å². The highest BCUT2D eigenvalue weighted by Gasteiger charge is 2.21. The Morgan fingerprint density at radius 1 is 1.32 bits per heavy atom. The molecule has 106 valence electrons. The number of rotatable bonds is 5. The van der Waals surface area contributed by atoms with Gasteiger partial charge in [0.2, 0.25) is 5.91 Å². The molecular formula is C15H22FNO2. The van der Waals surface area contributed by atoms with Gasteiger partial charge in [-0.3, -0.25) is 4.79 Å². The van der Waals surface area contributed by atoms with Crippen LogP contribution in [0.25, 0.3) is 0 Å². The molecule has 1 unspecified atom stereocenters. The molecular weight excluding hydrogens is 245 g/mol. The zero-order valence-electron chi connectivity index (χ0n) is 11.7. The average Bonchev–Trinajstić information content (AvgIpc) is 2.31. The molecule has 2 N–H and O–H groups in total. The first kappa shape index (κ1) is 15.6. The van der Waals surface area contributed by atoms with Crippen LogP contribution in [0.5, 0.6) is 0 Å². The molecule has 0 aliphatic carbocycles. The van der Waals surface area contributed by atoms with Crippen LogP contribution in [0, 0.1) is 11.2 Å². The van der Waals surface area contributed by atoms with Crippen molar-refractivity contribution in [2.75, 3.05) is 6.54 Å². The van der Waals surface area contributed by atoms with Crippen molar-refractivity contribution < 1.29 is 14.3 Å². The predicted molar refractivity (Wildman–Crippen MR) is 73.2 cm³/mol. The maximum atomic E-state index is 12.7. The molecule has 0 fully saturated rings. The van der Waals surface area contributed by atoms with E-state index in [-0.39, 0.29) is 23.6 Å². The molecule has 0 saturated carbocycles. The highest BCUT2D eigenvalue weighted by Crippen LogP contribution is 2.20. The van der Waals surface area contributed by atoms with Crippen LogP contribution in [-0.4, -0.2) is 23.7 Å². The van der Waals surface area contributed by atoms with Gasteiger partial charge in [0.15, 0.2) is 0 Å². The number of nitrogens with one attached hydrogen (secondary N) is 1. The first-order valence-corrected chi connectivity index (χ1v) is 6.48. The van der Waals surface area contributed by atoms with Crippen LogP contribution in [0.3, 0.4) is 0 Å². The third-order valence-corrected chi connectivity index (χ3v) is 3.02. The Bertz CT molecular complexity index is 409. The van der Waals surface area contributed by atoms with Gasteiger partial charge in [-0.2, -0.15) is 0 Å². The van der Waals surface area contributed by atoms with E-state index >= 15 is 0 Å². The van der Waals surface area contributed by atoms with Crippen molar-refractivity contribution in [1.82, 2.24) is 5.32 Å². The van der Waals surface area contributed by atoms with Crippen molar-refractivity contribution in [3.05, 3.63) is 35.6 Å². The van der Waals surface area contributed by atoms with E-state index in [0.29, 0.717) is 13.0 Å². The largest absolute Gasteiger partial charge is 0.393 e. The average molecular weight is 267 g/mol. The number of aliphatic hydroxyl groups excluding tert-OH is 1. The van der Waals surface area contributed by atoms with Gasteiger partial charge >= 0.3 is 0 Å². The van der Waals surface area contributed by atoms with Crippen LogP contribution >= 0.6 is 0 Å². The Morgan fingerprint density at radius 2 is 1.89 bits per heavy atom. The van der Waals surface area contributed by atoms with E-state index < -0.39 is 6.10 Å². The summed E-state index contributed by atoms with van der Waals surface area (Å²) in [6.45, 7) is 6.31. The second-order valence-corrected chi connectivity index (χ2v) is 5.82. The summed E-state index contributed by atoms with van der Waals surface area (Å²) in [6, 6.07) is 5.87. The van der Waals surface area contributed by atoms with E-state index in [1.54, 1.807) is 12.1 Å². The lowest BCUT2D eigenvalue weighted by Gasteiger charge is -2.25. The first-order valence-electron chi connectivity index (χ1n) is 6.48. The SMILES string of the molecule is CC(C)(C)C(O)CCNC(=O)Cc1ccc(F)cc1. The predicted octanol–water partition coefficient (Wildman–Crippen LogP) is 2.28. The number of amides is 1. The zero-order chi connectivity index (χ0) is 14.5. The van der Waals surface area contributed by atoms with Gasteiger partial charge in [-0.15, -0.1) is 0 Å². The fourth-order valence-corrected chi connectivity index (χ4v) is 1.63. The lowest BCUT2D eigenvalue weighted by Crippen LogP contribution is -2.33. The molecule has 0 radical (unpaired) electrons. The summed E-state index contributed by atoms with van der Waals surface area (Å²) in [6.07, 6.45) is 0.309. The molecule has 19 heavy (non-hydrogen) atoms. The summed E-state index contributed by atoms with van der Waals surface area (Å²) in [5.74, 6) is -0.426. The van der Waals surface area contributed by atoms with Gasteiger partial charge in [-0.25, -0.2) is 4.39 Å². The summed E-state index contributed by atoms with van der Waals surface area (Å²) in [4.78, 5) is 11.6. The minimum Gasteiger partial charge on any atom is -0.393 e.